The molecule has 0 amide bonds. The number of pyridine rings is 1. The summed E-state index contributed by atoms with van der Waals surface area (Å²) in [7, 11) is 0. The minimum Gasteiger partial charge on any atom is -0.477 e. The van der Waals surface area contributed by atoms with Crippen LogP contribution in [-0.2, 0) is 0 Å². The molecule has 0 bridgehead atoms. The van der Waals surface area contributed by atoms with Crippen molar-refractivity contribution in [2.45, 2.75) is 6.92 Å². The Morgan fingerprint density at radius 1 is 1.04 bits per heavy atom. The smallest absolute Gasteiger partial charge is 0.354 e. The molecule has 2 heterocycles. The number of hydrogen-bond donors (Lipinski definition) is 2. The lowest BCUT2D eigenvalue weighted by molar-refractivity contribution is 0.0691. The predicted molar refractivity (Wildman–Crippen MR) is 90.7 cm³/mol. The van der Waals surface area contributed by atoms with Gasteiger partial charge in [0.15, 0.2) is 0 Å². The third kappa shape index (κ3) is 2.16. The SMILES string of the molecule is Cc1ccc(-c2nc(C(=O)O)cc3c2[nH]c2ccccc23)cc1. The summed E-state index contributed by atoms with van der Waals surface area (Å²) in [5.74, 6) is -1.02. The molecule has 0 aliphatic heterocycles. The van der Waals surface area contributed by atoms with E-state index in [1.165, 1.54) is 0 Å². The highest BCUT2D eigenvalue weighted by atomic mass is 16.4. The van der Waals surface area contributed by atoms with Crippen molar-refractivity contribution in [2.24, 2.45) is 0 Å². The minimum absolute atomic E-state index is 0.0535. The topological polar surface area (TPSA) is 66.0 Å². The third-order valence-corrected chi connectivity index (χ3v) is 4.04. The summed E-state index contributed by atoms with van der Waals surface area (Å²) in [6.07, 6.45) is 0. The first-order valence-corrected chi connectivity index (χ1v) is 7.35. The maximum absolute atomic E-state index is 11.5. The zero-order valence-electron chi connectivity index (χ0n) is 12.5. The summed E-state index contributed by atoms with van der Waals surface area (Å²) in [6.45, 7) is 2.02. The van der Waals surface area contributed by atoms with Crippen LogP contribution < -0.4 is 0 Å². The summed E-state index contributed by atoms with van der Waals surface area (Å²) in [4.78, 5) is 19.2. The molecule has 4 aromatic rings. The number of benzene rings is 2. The number of hydrogen-bond acceptors (Lipinski definition) is 2. The van der Waals surface area contributed by atoms with Crippen LogP contribution in [0.4, 0.5) is 0 Å². The Balaban J connectivity index is 2.12. The van der Waals surface area contributed by atoms with Crippen molar-refractivity contribution in [2.75, 3.05) is 0 Å². The fourth-order valence-corrected chi connectivity index (χ4v) is 2.88. The number of carboxylic acid groups (broad SMARTS) is 1. The summed E-state index contributed by atoms with van der Waals surface area (Å²) < 4.78 is 0. The van der Waals surface area contributed by atoms with E-state index in [4.69, 9.17) is 0 Å². The molecule has 0 spiro atoms. The van der Waals surface area contributed by atoms with E-state index in [2.05, 4.69) is 9.97 Å². The lowest BCUT2D eigenvalue weighted by atomic mass is 10.1. The van der Waals surface area contributed by atoms with Crippen LogP contribution >= 0.6 is 0 Å². The van der Waals surface area contributed by atoms with Gasteiger partial charge in [0, 0.05) is 21.9 Å². The van der Waals surface area contributed by atoms with E-state index in [1.807, 2.05) is 55.5 Å². The fraction of sp³-hybridized carbons (Fsp3) is 0.0526. The highest BCUT2D eigenvalue weighted by molar-refractivity contribution is 6.12. The second kappa shape index (κ2) is 4.95. The molecular weight excluding hydrogens is 288 g/mol. The van der Waals surface area contributed by atoms with Crippen LogP contribution in [0, 0.1) is 6.92 Å². The third-order valence-electron chi connectivity index (χ3n) is 4.04. The fourth-order valence-electron chi connectivity index (χ4n) is 2.88. The van der Waals surface area contributed by atoms with Crippen molar-refractivity contribution in [3.63, 3.8) is 0 Å². The summed E-state index contributed by atoms with van der Waals surface area (Å²) in [5.41, 5.74) is 4.60. The van der Waals surface area contributed by atoms with E-state index in [0.717, 1.165) is 32.9 Å². The van der Waals surface area contributed by atoms with Gasteiger partial charge >= 0.3 is 5.97 Å². The Morgan fingerprint density at radius 3 is 2.52 bits per heavy atom. The number of nitrogens with one attached hydrogen (secondary N) is 1. The number of aromatic amines is 1. The van der Waals surface area contributed by atoms with E-state index in [0.29, 0.717) is 5.69 Å². The van der Waals surface area contributed by atoms with Crippen molar-refractivity contribution >= 4 is 27.8 Å². The van der Waals surface area contributed by atoms with Gasteiger partial charge in [-0.25, -0.2) is 9.78 Å². The molecule has 2 aromatic carbocycles. The highest BCUT2D eigenvalue weighted by Crippen LogP contribution is 2.32. The molecular formula is C19H14N2O2. The number of nitrogens with zero attached hydrogens (tertiary/aromatic N) is 1. The van der Waals surface area contributed by atoms with Crippen LogP contribution in [0.1, 0.15) is 16.1 Å². The van der Waals surface area contributed by atoms with Crippen LogP contribution in [-0.4, -0.2) is 21.0 Å². The molecule has 4 rings (SSSR count). The number of para-hydroxylation sites is 1. The van der Waals surface area contributed by atoms with Crippen LogP contribution in [0.3, 0.4) is 0 Å². The van der Waals surface area contributed by atoms with Gasteiger partial charge in [-0.2, -0.15) is 0 Å². The van der Waals surface area contributed by atoms with Crippen LogP contribution in [0.2, 0.25) is 0 Å². The molecule has 0 atom stereocenters. The summed E-state index contributed by atoms with van der Waals surface area (Å²) in [6, 6.07) is 17.4. The Kier molecular flexibility index (Phi) is 2.91. The number of aryl methyl sites for hydroxylation is 1. The lowest BCUT2D eigenvalue weighted by Crippen LogP contribution is -2.01. The van der Waals surface area contributed by atoms with Crippen LogP contribution in [0.25, 0.3) is 33.1 Å². The number of aromatic nitrogens is 2. The zero-order chi connectivity index (χ0) is 16.0. The molecule has 2 N–H and O–H groups in total. The van der Waals surface area contributed by atoms with Gasteiger partial charge in [-0.05, 0) is 19.1 Å². The number of H-pyrrole nitrogens is 1. The van der Waals surface area contributed by atoms with E-state index >= 15 is 0 Å². The van der Waals surface area contributed by atoms with Gasteiger partial charge in [0.2, 0.25) is 0 Å². The molecule has 0 aliphatic rings. The molecule has 4 heteroatoms. The van der Waals surface area contributed by atoms with Gasteiger partial charge in [-0.15, -0.1) is 0 Å². The van der Waals surface area contributed by atoms with Gasteiger partial charge in [-0.3, -0.25) is 0 Å². The Bertz CT molecular complexity index is 1050. The average molecular weight is 302 g/mol. The van der Waals surface area contributed by atoms with Crippen LogP contribution in [0.15, 0.2) is 54.6 Å². The Labute approximate surface area is 132 Å². The second-order valence-corrected chi connectivity index (χ2v) is 5.62. The molecule has 23 heavy (non-hydrogen) atoms. The number of fused-ring (bicyclic) bond motifs is 3. The average Bonchev–Trinajstić information content (AvgIpc) is 2.93. The minimum atomic E-state index is -1.02. The molecule has 0 aliphatic carbocycles. The number of carboxylic acids is 1. The van der Waals surface area contributed by atoms with Crippen molar-refractivity contribution in [1.82, 2.24) is 9.97 Å². The van der Waals surface area contributed by atoms with Gasteiger partial charge in [0.1, 0.15) is 5.69 Å². The maximum Gasteiger partial charge on any atom is 0.354 e. The van der Waals surface area contributed by atoms with Crippen molar-refractivity contribution < 1.29 is 9.90 Å². The van der Waals surface area contributed by atoms with Crippen LogP contribution in [0.5, 0.6) is 0 Å². The Hall–Kier alpha value is -3.14. The highest BCUT2D eigenvalue weighted by Gasteiger charge is 2.16. The maximum atomic E-state index is 11.5. The monoisotopic (exact) mass is 302 g/mol. The first kappa shape index (κ1) is 13.5. The molecule has 0 unspecified atom stereocenters. The lowest BCUT2D eigenvalue weighted by Gasteiger charge is -2.05. The predicted octanol–water partition coefficient (Wildman–Crippen LogP) is 4.39. The molecule has 0 radical (unpaired) electrons. The molecule has 4 nitrogen and oxygen atoms in total. The van der Waals surface area contributed by atoms with E-state index < -0.39 is 5.97 Å². The first-order valence-electron chi connectivity index (χ1n) is 7.35. The molecule has 0 fully saturated rings. The van der Waals surface area contributed by atoms with E-state index in [1.54, 1.807) is 6.07 Å². The quantitative estimate of drug-likeness (QED) is 0.577. The van der Waals surface area contributed by atoms with Gasteiger partial charge in [-0.1, -0.05) is 48.0 Å². The van der Waals surface area contributed by atoms with E-state index in [-0.39, 0.29) is 5.69 Å². The molecule has 112 valence electrons. The first-order chi connectivity index (χ1) is 11.1. The Morgan fingerprint density at radius 2 is 1.78 bits per heavy atom. The van der Waals surface area contributed by atoms with Gasteiger partial charge in [0.25, 0.3) is 0 Å². The number of rotatable bonds is 2. The van der Waals surface area contributed by atoms with Gasteiger partial charge in [0.05, 0.1) is 11.2 Å². The van der Waals surface area contributed by atoms with E-state index in [9.17, 15) is 9.90 Å². The number of carbonyl (C=O) groups is 1. The molecule has 2 aromatic heterocycles. The van der Waals surface area contributed by atoms with Crippen molar-refractivity contribution in [1.29, 1.82) is 0 Å². The normalized spacial score (nSPS) is 11.2. The van der Waals surface area contributed by atoms with Crippen molar-refractivity contribution in [3.8, 4) is 11.3 Å². The van der Waals surface area contributed by atoms with Crippen molar-refractivity contribution in [3.05, 3.63) is 65.9 Å². The largest absolute Gasteiger partial charge is 0.477 e. The summed E-state index contributed by atoms with van der Waals surface area (Å²) in [5, 5.41) is 11.3. The zero-order valence-corrected chi connectivity index (χ0v) is 12.5. The molecule has 0 saturated heterocycles. The summed E-state index contributed by atoms with van der Waals surface area (Å²) >= 11 is 0. The standard InChI is InChI=1S/C19H14N2O2/c1-11-6-8-12(9-7-11)17-18-14(10-16(21-17)19(22)23)13-4-2-3-5-15(13)20-18/h2-10,20H,1H3,(H,22,23). The molecule has 0 saturated carbocycles. The van der Waals surface area contributed by atoms with Gasteiger partial charge < -0.3 is 10.1 Å². The second-order valence-electron chi connectivity index (χ2n) is 5.62. The number of aromatic carboxylic acids is 1.